The van der Waals surface area contributed by atoms with Crippen LogP contribution in [0.4, 0.5) is 4.39 Å². The molecule has 0 aromatic carbocycles. The summed E-state index contributed by atoms with van der Waals surface area (Å²) in [4.78, 5) is 0. The van der Waals surface area contributed by atoms with Crippen LogP contribution >= 0.6 is 0 Å². The molecule has 5 nitrogen and oxygen atoms in total. The smallest absolute Gasteiger partial charge is 0.190 e. The summed E-state index contributed by atoms with van der Waals surface area (Å²) in [6, 6.07) is 0. The van der Waals surface area contributed by atoms with E-state index in [2.05, 4.69) is 0 Å². The largest absolute Gasteiger partial charge is 0.348 e. The van der Waals surface area contributed by atoms with E-state index in [1.54, 1.807) is 27.7 Å². The third kappa shape index (κ3) is 2.06. The number of halogens is 1. The molecule has 3 rings (SSSR count). The fourth-order valence-corrected chi connectivity index (χ4v) is 2.67. The van der Waals surface area contributed by atoms with Crippen molar-refractivity contribution in [2.24, 2.45) is 0 Å². The molecular formula is C12H19FO5. The lowest BCUT2D eigenvalue weighted by Crippen LogP contribution is -2.40. The molecular weight excluding hydrogens is 243 g/mol. The second-order valence-electron chi connectivity index (χ2n) is 5.88. The van der Waals surface area contributed by atoms with Crippen LogP contribution in [0.1, 0.15) is 27.7 Å². The van der Waals surface area contributed by atoms with Crippen LogP contribution in [0.2, 0.25) is 0 Å². The zero-order valence-corrected chi connectivity index (χ0v) is 11.0. The Kier molecular flexibility index (Phi) is 2.74. The Morgan fingerprint density at radius 3 is 2.22 bits per heavy atom. The van der Waals surface area contributed by atoms with Gasteiger partial charge < -0.3 is 23.7 Å². The molecule has 0 amide bonds. The van der Waals surface area contributed by atoms with Gasteiger partial charge >= 0.3 is 0 Å². The zero-order chi connectivity index (χ0) is 13.1. The first-order valence-corrected chi connectivity index (χ1v) is 6.24. The molecule has 0 aromatic rings. The molecule has 0 spiro atoms. The summed E-state index contributed by atoms with van der Waals surface area (Å²) < 4.78 is 42.0. The Morgan fingerprint density at radius 2 is 1.67 bits per heavy atom. The summed E-state index contributed by atoms with van der Waals surface area (Å²) in [7, 11) is 0. The highest BCUT2D eigenvalue weighted by atomic mass is 19.1. The fraction of sp³-hybridized carbons (Fsp3) is 1.00. The van der Waals surface area contributed by atoms with E-state index in [0.717, 1.165) is 0 Å². The minimum atomic E-state index is -1.26. The first kappa shape index (κ1) is 12.7. The third-order valence-corrected chi connectivity index (χ3v) is 3.40. The van der Waals surface area contributed by atoms with Crippen molar-refractivity contribution >= 4 is 0 Å². The molecule has 3 aliphatic heterocycles. The van der Waals surface area contributed by atoms with Crippen LogP contribution in [-0.2, 0) is 23.7 Å². The van der Waals surface area contributed by atoms with Gasteiger partial charge in [-0.3, -0.25) is 0 Å². The Balaban J connectivity index is 1.68. The van der Waals surface area contributed by atoms with Gasteiger partial charge in [0.15, 0.2) is 24.0 Å². The average molecular weight is 262 g/mol. The van der Waals surface area contributed by atoms with Gasteiger partial charge in [-0.2, -0.15) is 0 Å². The van der Waals surface area contributed by atoms with E-state index < -0.39 is 42.3 Å². The Bertz CT molecular complexity index is 345. The van der Waals surface area contributed by atoms with Gasteiger partial charge in [0.2, 0.25) is 0 Å². The lowest BCUT2D eigenvalue weighted by atomic mass is 10.1. The fourth-order valence-electron chi connectivity index (χ4n) is 2.67. The van der Waals surface area contributed by atoms with E-state index in [9.17, 15) is 4.39 Å². The van der Waals surface area contributed by atoms with Crippen molar-refractivity contribution < 1.29 is 28.1 Å². The first-order chi connectivity index (χ1) is 8.27. The molecule has 0 N–H and O–H groups in total. The van der Waals surface area contributed by atoms with Gasteiger partial charge in [-0.25, -0.2) is 4.39 Å². The van der Waals surface area contributed by atoms with Crippen molar-refractivity contribution in [1.29, 1.82) is 0 Å². The van der Waals surface area contributed by atoms with Crippen LogP contribution in [0.15, 0.2) is 0 Å². The summed E-state index contributed by atoms with van der Waals surface area (Å²) in [5.74, 6) is -1.48. The minimum Gasteiger partial charge on any atom is -0.348 e. The summed E-state index contributed by atoms with van der Waals surface area (Å²) in [5, 5.41) is 0. The van der Waals surface area contributed by atoms with E-state index in [0.29, 0.717) is 6.61 Å². The zero-order valence-electron chi connectivity index (χ0n) is 11.0. The first-order valence-electron chi connectivity index (χ1n) is 6.24. The molecule has 3 saturated heterocycles. The normalized spacial score (nSPS) is 49.5. The van der Waals surface area contributed by atoms with Crippen molar-refractivity contribution in [3.63, 3.8) is 0 Å². The number of fused-ring (bicyclic) bond motifs is 1. The number of ether oxygens (including phenoxy) is 5. The van der Waals surface area contributed by atoms with Crippen LogP contribution in [-0.4, -0.2) is 49.0 Å². The summed E-state index contributed by atoms with van der Waals surface area (Å²) >= 11 is 0. The van der Waals surface area contributed by atoms with Crippen LogP contribution in [0.3, 0.4) is 0 Å². The highest BCUT2D eigenvalue weighted by Crippen LogP contribution is 2.41. The van der Waals surface area contributed by atoms with Crippen molar-refractivity contribution in [3.8, 4) is 0 Å². The van der Waals surface area contributed by atoms with Gasteiger partial charge in [-0.05, 0) is 27.7 Å². The van der Waals surface area contributed by atoms with Crippen molar-refractivity contribution in [3.05, 3.63) is 0 Å². The van der Waals surface area contributed by atoms with Crippen LogP contribution in [0, 0.1) is 0 Å². The maximum absolute atomic E-state index is 14.3. The molecule has 5 atom stereocenters. The van der Waals surface area contributed by atoms with Gasteiger partial charge in [0, 0.05) is 0 Å². The SMILES string of the molecule is CC1(C)O[C@H]2O[C@@H]([C@H]3COC(C)(C)O3)[C@H](F)[C@H]2O1. The number of rotatable bonds is 1. The van der Waals surface area contributed by atoms with E-state index in [1.165, 1.54) is 0 Å². The molecule has 0 bridgehead atoms. The number of alkyl halides is 1. The maximum atomic E-state index is 14.3. The van der Waals surface area contributed by atoms with Gasteiger partial charge in [-0.1, -0.05) is 0 Å². The van der Waals surface area contributed by atoms with Crippen molar-refractivity contribution in [1.82, 2.24) is 0 Å². The molecule has 3 heterocycles. The third-order valence-electron chi connectivity index (χ3n) is 3.40. The quantitative estimate of drug-likeness (QED) is 0.714. The maximum Gasteiger partial charge on any atom is 0.190 e. The molecule has 0 unspecified atom stereocenters. The van der Waals surface area contributed by atoms with Gasteiger partial charge in [-0.15, -0.1) is 0 Å². The minimum absolute atomic E-state index is 0.320. The van der Waals surface area contributed by atoms with Crippen LogP contribution in [0.25, 0.3) is 0 Å². The van der Waals surface area contributed by atoms with Gasteiger partial charge in [0.25, 0.3) is 0 Å². The van der Waals surface area contributed by atoms with Crippen molar-refractivity contribution in [2.45, 2.75) is 70.0 Å². The molecule has 0 aliphatic carbocycles. The van der Waals surface area contributed by atoms with Gasteiger partial charge in [0.05, 0.1) is 6.61 Å². The molecule has 0 aromatic heterocycles. The number of hydrogen-bond acceptors (Lipinski definition) is 5. The standard InChI is InChI=1S/C12H19FO5/c1-11(2)14-5-6(16-11)8-7(13)9-10(15-8)18-12(3,4)17-9/h6-10H,5H2,1-4H3/t6-,7+,8+,9-,10-/m1/s1. The van der Waals surface area contributed by atoms with Crippen LogP contribution < -0.4 is 0 Å². The molecule has 18 heavy (non-hydrogen) atoms. The molecule has 6 heteroatoms. The predicted octanol–water partition coefficient (Wildman–Crippen LogP) is 1.35. The Labute approximate surface area is 105 Å². The van der Waals surface area contributed by atoms with Crippen molar-refractivity contribution in [2.75, 3.05) is 6.61 Å². The molecule has 3 fully saturated rings. The summed E-state index contributed by atoms with van der Waals surface area (Å²) in [6.07, 6.45) is -3.72. The summed E-state index contributed by atoms with van der Waals surface area (Å²) in [5.41, 5.74) is 0. The molecule has 0 saturated carbocycles. The Hall–Kier alpha value is -0.270. The monoisotopic (exact) mass is 262 g/mol. The topological polar surface area (TPSA) is 46.2 Å². The second-order valence-corrected chi connectivity index (χ2v) is 5.88. The molecule has 0 radical (unpaired) electrons. The van der Waals surface area contributed by atoms with Crippen LogP contribution in [0.5, 0.6) is 0 Å². The molecule has 3 aliphatic rings. The summed E-state index contributed by atoms with van der Waals surface area (Å²) in [6.45, 7) is 7.41. The highest BCUT2D eigenvalue weighted by Gasteiger charge is 2.58. The van der Waals surface area contributed by atoms with Gasteiger partial charge in [0.1, 0.15) is 18.3 Å². The van der Waals surface area contributed by atoms with E-state index >= 15 is 0 Å². The lowest BCUT2D eigenvalue weighted by molar-refractivity contribution is -0.227. The van der Waals surface area contributed by atoms with E-state index in [4.69, 9.17) is 23.7 Å². The predicted molar refractivity (Wildman–Crippen MR) is 58.5 cm³/mol. The highest BCUT2D eigenvalue weighted by molar-refractivity contribution is 4.97. The second kappa shape index (κ2) is 3.86. The van der Waals surface area contributed by atoms with E-state index in [1.807, 2.05) is 0 Å². The molecule has 104 valence electrons. The average Bonchev–Trinajstić information content (AvgIpc) is 2.81. The number of hydrogen-bond donors (Lipinski definition) is 0. The lowest BCUT2D eigenvalue weighted by Gasteiger charge is -2.25. The Morgan fingerprint density at radius 1 is 0.944 bits per heavy atom. The van der Waals surface area contributed by atoms with E-state index in [-0.39, 0.29) is 0 Å².